The molecule has 0 aliphatic rings. The summed E-state index contributed by atoms with van der Waals surface area (Å²) in [6, 6.07) is 7.13. The van der Waals surface area contributed by atoms with Gasteiger partial charge in [0.25, 0.3) is 0 Å². The lowest BCUT2D eigenvalue weighted by molar-refractivity contribution is 0.494. The van der Waals surface area contributed by atoms with E-state index in [1.165, 1.54) is 20.9 Å². The molecule has 18 heavy (non-hydrogen) atoms. The number of aromatic nitrogens is 1. The van der Waals surface area contributed by atoms with Crippen molar-refractivity contribution in [2.45, 2.75) is 39.8 Å². The molecule has 0 saturated heterocycles. The van der Waals surface area contributed by atoms with Crippen LogP contribution in [0, 0.1) is 13.8 Å². The molecule has 0 aliphatic carbocycles. The van der Waals surface area contributed by atoms with Crippen LogP contribution in [0.4, 0.5) is 0 Å². The predicted octanol–water partition coefficient (Wildman–Crippen LogP) is 4.17. The van der Waals surface area contributed by atoms with E-state index >= 15 is 0 Å². The number of aryl methyl sites for hydroxylation is 2. The Kier molecular flexibility index (Phi) is 4.15. The van der Waals surface area contributed by atoms with Crippen molar-refractivity contribution in [2.75, 3.05) is 0 Å². The van der Waals surface area contributed by atoms with Crippen LogP contribution < -0.4 is 5.32 Å². The van der Waals surface area contributed by atoms with Crippen LogP contribution in [0.25, 0.3) is 0 Å². The van der Waals surface area contributed by atoms with Crippen LogP contribution >= 0.6 is 11.3 Å². The average Bonchev–Trinajstić information content (AvgIpc) is 2.69. The molecular formula is C15H20N2S. The molecule has 96 valence electrons. The van der Waals surface area contributed by atoms with Gasteiger partial charge in [0, 0.05) is 34.2 Å². The summed E-state index contributed by atoms with van der Waals surface area (Å²) < 4.78 is 0. The third-order valence-corrected chi connectivity index (χ3v) is 4.23. The zero-order chi connectivity index (χ0) is 13.1. The lowest BCUT2D eigenvalue weighted by atomic mass is 10.1. The molecule has 2 atom stereocenters. The van der Waals surface area contributed by atoms with Crippen LogP contribution in [0.1, 0.15) is 46.8 Å². The van der Waals surface area contributed by atoms with Crippen molar-refractivity contribution in [2.24, 2.45) is 0 Å². The number of nitrogens with zero attached hydrogens (tertiary/aromatic N) is 1. The van der Waals surface area contributed by atoms with Gasteiger partial charge >= 0.3 is 0 Å². The van der Waals surface area contributed by atoms with Crippen LogP contribution in [0.2, 0.25) is 0 Å². The number of thiophene rings is 1. The van der Waals surface area contributed by atoms with Crippen molar-refractivity contribution in [3.05, 3.63) is 51.5 Å². The van der Waals surface area contributed by atoms with E-state index in [1.54, 1.807) is 0 Å². The summed E-state index contributed by atoms with van der Waals surface area (Å²) in [7, 11) is 0. The first-order valence-corrected chi connectivity index (χ1v) is 7.12. The smallest absolute Gasteiger partial charge is 0.0308 e. The molecular weight excluding hydrogens is 240 g/mol. The maximum Gasteiger partial charge on any atom is 0.0308 e. The van der Waals surface area contributed by atoms with Crippen molar-refractivity contribution in [1.82, 2.24) is 10.3 Å². The molecule has 0 fully saturated rings. The number of pyridine rings is 1. The Morgan fingerprint density at radius 2 is 1.78 bits per heavy atom. The van der Waals surface area contributed by atoms with E-state index in [-0.39, 0.29) is 0 Å². The lowest BCUT2D eigenvalue weighted by Crippen LogP contribution is -2.22. The first-order valence-electron chi connectivity index (χ1n) is 6.31. The fourth-order valence-electron chi connectivity index (χ4n) is 2.29. The summed E-state index contributed by atoms with van der Waals surface area (Å²) in [6.07, 6.45) is 3.69. The first kappa shape index (κ1) is 13.2. The summed E-state index contributed by atoms with van der Waals surface area (Å²) in [4.78, 5) is 6.85. The third kappa shape index (κ3) is 2.98. The fraction of sp³-hybridized carbons (Fsp3) is 0.400. The molecule has 0 saturated carbocycles. The van der Waals surface area contributed by atoms with Gasteiger partial charge in [-0.25, -0.2) is 0 Å². The van der Waals surface area contributed by atoms with Crippen LogP contribution in [0.5, 0.6) is 0 Å². The Labute approximate surface area is 113 Å². The number of nitrogens with one attached hydrogen (secondary N) is 1. The second-order valence-corrected chi connectivity index (χ2v) is 6.22. The fourth-order valence-corrected chi connectivity index (χ4v) is 3.32. The van der Waals surface area contributed by atoms with Gasteiger partial charge in [-0.2, -0.15) is 0 Å². The van der Waals surface area contributed by atoms with Gasteiger partial charge in [0.2, 0.25) is 0 Å². The number of hydrogen-bond donors (Lipinski definition) is 1. The molecule has 0 aliphatic heterocycles. The van der Waals surface area contributed by atoms with Gasteiger partial charge in [-0.3, -0.25) is 4.98 Å². The molecule has 0 radical (unpaired) electrons. The molecule has 1 N–H and O–H groups in total. The highest BCUT2D eigenvalue weighted by Crippen LogP contribution is 2.27. The summed E-state index contributed by atoms with van der Waals surface area (Å²) in [6.45, 7) is 8.79. The molecule has 2 unspecified atom stereocenters. The highest BCUT2D eigenvalue weighted by atomic mass is 32.1. The molecule has 2 rings (SSSR count). The van der Waals surface area contributed by atoms with Gasteiger partial charge in [-0.1, -0.05) is 0 Å². The summed E-state index contributed by atoms with van der Waals surface area (Å²) >= 11 is 1.87. The lowest BCUT2D eigenvalue weighted by Gasteiger charge is -2.20. The van der Waals surface area contributed by atoms with Gasteiger partial charge in [-0.15, -0.1) is 11.3 Å². The highest BCUT2D eigenvalue weighted by Gasteiger charge is 2.14. The maximum absolute atomic E-state index is 4.06. The molecule has 2 heterocycles. The third-order valence-electron chi connectivity index (χ3n) is 3.25. The zero-order valence-electron chi connectivity index (χ0n) is 11.4. The van der Waals surface area contributed by atoms with E-state index in [1.807, 2.05) is 23.7 Å². The number of hydrogen-bond acceptors (Lipinski definition) is 3. The van der Waals surface area contributed by atoms with Crippen LogP contribution in [-0.4, -0.2) is 4.98 Å². The predicted molar refractivity (Wildman–Crippen MR) is 78.0 cm³/mol. The van der Waals surface area contributed by atoms with Crippen LogP contribution in [-0.2, 0) is 0 Å². The standard InChI is InChI=1S/C15H20N2S/c1-10-9-15(13(4)18-10)12(3)17-11(2)14-5-7-16-8-6-14/h5-9,11-12,17H,1-4H3. The summed E-state index contributed by atoms with van der Waals surface area (Å²) in [5, 5.41) is 3.65. The van der Waals surface area contributed by atoms with Gasteiger partial charge < -0.3 is 5.32 Å². The van der Waals surface area contributed by atoms with Crippen molar-refractivity contribution in [3.8, 4) is 0 Å². The van der Waals surface area contributed by atoms with Gasteiger partial charge in [0.1, 0.15) is 0 Å². The van der Waals surface area contributed by atoms with Crippen molar-refractivity contribution < 1.29 is 0 Å². The van der Waals surface area contributed by atoms with E-state index < -0.39 is 0 Å². The minimum absolute atomic E-state index is 0.336. The molecule has 0 bridgehead atoms. The highest BCUT2D eigenvalue weighted by molar-refractivity contribution is 7.12. The molecule has 0 spiro atoms. The molecule has 2 aromatic heterocycles. The Hall–Kier alpha value is -1.19. The number of rotatable bonds is 4. The monoisotopic (exact) mass is 260 g/mol. The maximum atomic E-state index is 4.06. The minimum atomic E-state index is 0.336. The van der Waals surface area contributed by atoms with Gasteiger partial charge in [-0.05, 0) is 57.0 Å². The Bertz CT molecular complexity index is 504. The summed E-state index contributed by atoms with van der Waals surface area (Å²) in [5.41, 5.74) is 2.69. The zero-order valence-corrected chi connectivity index (χ0v) is 12.2. The van der Waals surface area contributed by atoms with E-state index in [9.17, 15) is 0 Å². The molecule has 2 aromatic rings. The van der Waals surface area contributed by atoms with E-state index in [0.29, 0.717) is 12.1 Å². The van der Waals surface area contributed by atoms with Crippen molar-refractivity contribution >= 4 is 11.3 Å². The van der Waals surface area contributed by atoms with Crippen LogP contribution in [0.15, 0.2) is 30.6 Å². The van der Waals surface area contributed by atoms with E-state index in [2.05, 4.69) is 56.2 Å². The Balaban J connectivity index is 2.08. The normalized spacial score (nSPS) is 14.4. The molecule has 0 aromatic carbocycles. The van der Waals surface area contributed by atoms with Gasteiger partial charge in [0.05, 0.1) is 0 Å². The Morgan fingerprint density at radius 3 is 2.33 bits per heavy atom. The topological polar surface area (TPSA) is 24.9 Å². The average molecular weight is 260 g/mol. The second kappa shape index (κ2) is 5.63. The van der Waals surface area contributed by atoms with E-state index in [0.717, 1.165) is 0 Å². The first-order chi connectivity index (χ1) is 8.58. The SMILES string of the molecule is Cc1cc(C(C)NC(C)c2ccncc2)c(C)s1. The van der Waals surface area contributed by atoms with Crippen LogP contribution in [0.3, 0.4) is 0 Å². The van der Waals surface area contributed by atoms with Gasteiger partial charge in [0.15, 0.2) is 0 Å². The quantitative estimate of drug-likeness (QED) is 0.892. The van der Waals surface area contributed by atoms with Crippen molar-refractivity contribution in [3.63, 3.8) is 0 Å². The molecule has 0 amide bonds. The van der Waals surface area contributed by atoms with Crippen molar-refractivity contribution in [1.29, 1.82) is 0 Å². The second-order valence-electron chi connectivity index (χ2n) is 4.76. The Morgan fingerprint density at radius 1 is 1.11 bits per heavy atom. The minimum Gasteiger partial charge on any atom is -0.304 e. The molecule has 3 heteroatoms. The largest absolute Gasteiger partial charge is 0.304 e. The molecule has 2 nitrogen and oxygen atoms in total. The summed E-state index contributed by atoms with van der Waals surface area (Å²) in [5.74, 6) is 0. The van der Waals surface area contributed by atoms with E-state index in [4.69, 9.17) is 0 Å².